The Hall–Kier alpha value is -1.02. The molecular weight excluding hydrogens is 208 g/mol. The maximum atomic E-state index is 3.30. The van der Waals surface area contributed by atoms with Gasteiger partial charge in [0.2, 0.25) is 0 Å². The quantitative estimate of drug-likeness (QED) is 0.802. The van der Waals surface area contributed by atoms with E-state index in [4.69, 9.17) is 0 Å². The number of rotatable bonds is 4. The van der Waals surface area contributed by atoms with Gasteiger partial charge in [0.1, 0.15) is 0 Å². The number of anilines is 1. The van der Waals surface area contributed by atoms with E-state index in [-0.39, 0.29) is 0 Å². The van der Waals surface area contributed by atoms with Crippen LogP contribution in [0, 0.1) is 5.92 Å². The van der Waals surface area contributed by atoms with Crippen LogP contribution in [0.4, 0.5) is 5.69 Å². The maximum Gasteiger partial charge on any atom is 0.0342 e. The standard InChI is InChI=1S/C9H13N.C6H13N/c1-8(2)10-9-6-4-3-5-7-9;1-6(2)5-7-3-4-7/h3-8,10H,1-2H3;6H,3-5H2,1-2H3. The molecule has 0 aliphatic carbocycles. The number of benzene rings is 1. The van der Waals surface area contributed by atoms with Crippen molar-refractivity contribution in [3.8, 4) is 0 Å². The molecule has 1 aliphatic heterocycles. The van der Waals surface area contributed by atoms with Gasteiger partial charge in [-0.15, -0.1) is 0 Å². The average Bonchev–Trinajstić information content (AvgIpc) is 3.02. The topological polar surface area (TPSA) is 15.0 Å². The zero-order chi connectivity index (χ0) is 12.7. The van der Waals surface area contributed by atoms with E-state index in [1.54, 1.807) is 0 Å². The number of para-hydroxylation sites is 1. The lowest BCUT2D eigenvalue weighted by molar-refractivity contribution is 0.459. The highest BCUT2D eigenvalue weighted by atomic mass is 15.3. The Bertz CT molecular complexity index is 289. The lowest BCUT2D eigenvalue weighted by atomic mass is 10.2. The van der Waals surface area contributed by atoms with Crippen molar-refractivity contribution in [1.82, 2.24) is 4.90 Å². The Morgan fingerprint density at radius 3 is 2.00 bits per heavy atom. The van der Waals surface area contributed by atoms with Gasteiger partial charge in [-0.25, -0.2) is 0 Å². The summed E-state index contributed by atoms with van der Waals surface area (Å²) in [7, 11) is 0. The van der Waals surface area contributed by atoms with Crippen LogP contribution in [0.1, 0.15) is 27.7 Å². The molecule has 0 spiro atoms. The summed E-state index contributed by atoms with van der Waals surface area (Å²) in [5.41, 5.74) is 1.19. The number of nitrogens with one attached hydrogen (secondary N) is 1. The molecule has 1 N–H and O–H groups in total. The molecule has 0 saturated carbocycles. The van der Waals surface area contributed by atoms with Crippen LogP contribution in [0.2, 0.25) is 0 Å². The molecule has 2 nitrogen and oxygen atoms in total. The lowest BCUT2D eigenvalue weighted by Crippen LogP contribution is -2.08. The molecule has 96 valence electrons. The predicted octanol–water partition coefficient (Wildman–Crippen LogP) is 3.46. The Labute approximate surface area is 106 Å². The van der Waals surface area contributed by atoms with E-state index < -0.39 is 0 Å². The van der Waals surface area contributed by atoms with Crippen molar-refractivity contribution in [2.45, 2.75) is 33.7 Å². The zero-order valence-electron chi connectivity index (χ0n) is 11.6. The summed E-state index contributed by atoms with van der Waals surface area (Å²) >= 11 is 0. The van der Waals surface area contributed by atoms with Crippen LogP contribution in [-0.2, 0) is 0 Å². The number of nitrogens with zero attached hydrogens (tertiary/aromatic N) is 1. The van der Waals surface area contributed by atoms with E-state index >= 15 is 0 Å². The molecular formula is C15H26N2. The third-order valence-electron chi connectivity index (χ3n) is 2.39. The lowest BCUT2D eigenvalue weighted by Gasteiger charge is -2.08. The fourth-order valence-electron chi connectivity index (χ4n) is 1.64. The van der Waals surface area contributed by atoms with Crippen LogP contribution in [0.25, 0.3) is 0 Å². The van der Waals surface area contributed by atoms with Crippen molar-refractivity contribution < 1.29 is 0 Å². The predicted molar refractivity (Wildman–Crippen MR) is 76.5 cm³/mol. The van der Waals surface area contributed by atoms with Crippen LogP contribution in [-0.4, -0.2) is 30.6 Å². The highest BCUT2D eigenvalue weighted by Crippen LogP contribution is 2.06. The highest BCUT2D eigenvalue weighted by Gasteiger charge is 2.16. The van der Waals surface area contributed by atoms with Crippen LogP contribution < -0.4 is 5.32 Å². The Morgan fingerprint density at radius 2 is 1.65 bits per heavy atom. The molecule has 2 heteroatoms. The van der Waals surface area contributed by atoms with E-state index in [1.807, 2.05) is 18.2 Å². The van der Waals surface area contributed by atoms with E-state index in [2.05, 4.69) is 50.0 Å². The minimum absolute atomic E-state index is 0.516. The molecule has 17 heavy (non-hydrogen) atoms. The van der Waals surface area contributed by atoms with Gasteiger partial charge in [-0.2, -0.15) is 0 Å². The molecule has 0 unspecified atom stereocenters. The van der Waals surface area contributed by atoms with Crippen molar-refractivity contribution in [1.29, 1.82) is 0 Å². The third-order valence-corrected chi connectivity index (χ3v) is 2.39. The third kappa shape index (κ3) is 7.81. The van der Waals surface area contributed by atoms with Crippen LogP contribution >= 0.6 is 0 Å². The van der Waals surface area contributed by atoms with Gasteiger partial charge < -0.3 is 10.2 Å². The van der Waals surface area contributed by atoms with Gasteiger partial charge in [-0.1, -0.05) is 32.0 Å². The van der Waals surface area contributed by atoms with Gasteiger partial charge >= 0.3 is 0 Å². The van der Waals surface area contributed by atoms with Crippen molar-refractivity contribution in [2.24, 2.45) is 5.92 Å². The Morgan fingerprint density at radius 1 is 1.06 bits per heavy atom. The Kier molecular flexibility index (Phi) is 6.06. The summed E-state index contributed by atoms with van der Waals surface area (Å²) in [6, 6.07) is 10.7. The summed E-state index contributed by atoms with van der Waals surface area (Å²) in [5.74, 6) is 0.863. The molecule has 1 aliphatic rings. The molecule has 1 aromatic rings. The van der Waals surface area contributed by atoms with Crippen LogP contribution in [0.3, 0.4) is 0 Å². The summed E-state index contributed by atoms with van der Waals surface area (Å²) < 4.78 is 0. The van der Waals surface area contributed by atoms with Crippen LogP contribution in [0.5, 0.6) is 0 Å². The first kappa shape index (κ1) is 14.0. The van der Waals surface area contributed by atoms with Crippen molar-refractivity contribution in [3.63, 3.8) is 0 Å². The minimum atomic E-state index is 0.516. The molecule has 2 rings (SSSR count). The number of hydrogen-bond donors (Lipinski definition) is 1. The summed E-state index contributed by atoms with van der Waals surface area (Å²) in [4.78, 5) is 2.45. The largest absolute Gasteiger partial charge is 0.383 e. The Balaban J connectivity index is 0.000000181. The fraction of sp³-hybridized carbons (Fsp3) is 0.600. The zero-order valence-corrected chi connectivity index (χ0v) is 11.6. The second-order valence-corrected chi connectivity index (χ2v) is 5.36. The monoisotopic (exact) mass is 234 g/mol. The van der Waals surface area contributed by atoms with Gasteiger partial charge in [0.25, 0.3) is 0 Å². The molecule has 0 aromatic heterocycles. The molecule has 1 fully saturated rings. The van der Waals surface area contributed by atoms with Crippen molar-refractivity contribution in [2.75, 3.05) is 25.0 Å². The van der Waals surface area contributed by atoms with E-state index in [0.717, 1.165) is 5.92 Å². The molecule has 0 bridgehead atoms. The van der Waals surface area contributed by atoms with E-state index in [1.165, 1.54) is 25.3 Å². The molecule has 1 aromatic carbocycles. The van der Waals surface area contributed by atoms with Crippen molar-refractivity contribution >= 4 is 5.69 Å². The minimum Gasteiger partial charge on any atom is -0.383 e. The molecule has 1 saturated heterocycles. The highest BCUT2D eigenvalue weighted by molar-refractivity contribution is 5.42. The first-order chi connectivity index (χ1) is 8.08. The second-order valence-electron chi connectivity index (χ2n) is 5.36. The van der Waals surface area contributed by atoms with E-state index in [9.17, 15) is 0 Å². The van der Waals surface area contributed by atoms with Gasteiger partial charge in [0.05, 0.1) is 0 Å². The second kappa shape index (κ2) is 7.33. The van der Waals surface area contributed by atoms with E-state index in [0.29, 0.717) is 6.04 Å². The smallest absolute Gasteiger partial charge is 0.0342 e. The normalized spacial score (nSPS) is 14.5. The number of hydrogen-bond acceptors (Lipinski definition) is 2. The SMILES string of the molecule is CC(C)CN1CC1.CC(C)Nc1ccccc1. The summed E-state index contributed by atoms with van der Waals surface area (Å²) in [6.45, 7) is 12.8. The van der Waals surface area contributed by atoms with Gasteiger partial charge in [0, 0.05) is 31.4 Å². The van der Waals surface area contributed by atoms with Crippen molar-refractivity contribution in [3.05, 3.63) is 30.3 Å². The average molecular weight is 234 g/mol. The molecule has 1 heterocycles. The van der Waals surface area contributed by atoms with Crippen LogP contribution in [0.15, 0.2) is 30.3 Å². The van der Waals surface area contributed by atoms with Gasteiger partial charge in [0.15, 0.2) is 0 Å². The first-order valence-electron chi connectivity index (χ1n) is 6.62. The summed E-state index contributed by atoms with van der Waals surface area (Å²) in [5, 5.41) is 3.30. The first-order valence-corrected chi connectivity index (χ1v) is 6.62. The van der Waals surface area contributed by atoms with Gasteiger partial charge in [-0.3, -0.25) is 0 Å². The molecule has 0 amide bonds. The molecule has 0 radical (unpaired) electrons. The van der Waals surface area contributed by atoms with Gasteiger partial charge in [-0.05, 0) is 31.9 Å². The summed E-state index contributed by atoms with van der Waals surface area (Å²) in [6.07, 6.45) is 0. The molecule has 0 atom stereocenters. The fourth-order valence-corrected chi connectivity index (χ4v) is 1.64. The maximum absolute atomic E-state index is 3.30.